The molecular weight excluding hydrogens is 250 g/mol. The molecule has 3 rings (SSSR count). The second kappa shape index (κ2) is 5.00. The third kappa shape index (κ3) is 2.67. The van der Waals surface area contributed by atoms with Crippen LogP contribution in [0.2, 0.25) is 0 Å². The molecule has 0 heterocycles. The number of rotatable bonds is 4. The summed E-state index contributed by atoms with van der Waals surface area (Å²) in [6.45, 7) is 1.92. The molecule has 2 aromatic rings. The van der Waals surface area contributed by atoms with Crippen LogP contribution in [0.1, 0.15) is 34.3 Å². The van der Waals surface area contributed by atoms with E-state index < -0.39 is 0 Å². The molecule has 1 aliphatic carbocycles. The molecule has 0 aliphatic heterocycles. The summed E-state index contributed by atoms with van der Waals surface area (Å²) in [5.41, 5.74) is 8.72. The second-order valence-electron chi connectivity index (χ2n) is 5.25. The van der Waals surface area contributed by atoms with Crippen LogP contribution in [0, 0.1) is 6.92 Å². The van der Waals surface area contributed by atoms with Crippen molar-refractivity contribution in [1.29, 1.82) is 0 Å². The van der Waals surface area contributed by atoms with Gasteiger partial charge in [0.1, 0.15) is 5.75 Å². The molecule has 1 saturated carbocycles. The van der Waals surface area contributed by atoms with Crippen molar-refractivity contribution in [2.24, 2.45) is 0 Å². The number of nitrogen functional groups attached to an aromatic ring is 1. The number of aryl methyl sites for hydroxylation is 1. The minimum absolute atomic E-state index is 0.0297. The minimum Gasteiger partial charge on any atom is -0.490 e. The highest BCUT2D eigenvalue weighted by atomic mass is 16.5. The number of ketones is 1. The van der Waals surface area contributed by atoms with E-state index in [-0.39, 0.29) is 5.78 Å². The number of carbonyl (C=O) groups excluding carboxylic acids is 1. The van der Waals surface area contributed by atoms with E-state index >= 15 is 0 Å². The third-order valence-corrected chi connectivity index (χ3v) is 3.46. The standard InChI is InChI=1S/C17H17NO2/c1-11-5-6-13(10-16(11)18)17(19)12-3-2-4-15(9-12)20-14-7-8-14/h2-6,9-10,14H,7-8,18H2,1H3. The Morgan fingerprint density at radius 3 is 2.60 bits per heavy atom. The highest BCUT2D eigenvalue weighted by molar-refractivity contribution is 6.09. The lowest BCUT2D eigenvalue weighted by Gasteiger charge is -2.07. The predicted molar refractivity (Wildman–Crippen MR) is 79.1 cm³/mol. The van der Waals surface area contributed by atoms with Gasteiger partial charge in [0.15, 0.2) is 5.78 Å². The van der Waals surface area contributed by atoms with Crippen LogP contribution >= 0.6 is 0 Å². The Bertz CT molecular complexity index is 660. The second-order valence-corrected chi connectivity index (χ2v) is 5.25. The van der Waals surface area contributed by atoms with Gasteiger partial charge >= 0.3 is 0 Å². The summed E-state index contributed by atoms with van der Waals surface area (Å²) in [7, 11) is 0. The summed E-state index contributed by atoms with van der Waals surface area (Å²) >= 11 is 0. The molecule has 1 fully saturated rings. The molecule has 3 heteroatoms. The molecule has 20 heavy (non-hydrogen) atoms. The molecule has 0 amide bonds. The molecule has 102 valence electrons. The van der Waals surface area contributed by atoms with E-state index in [4.69, 9.17) is 10.5 Å². The average Bonchev–Trinajstić information content (AvgIpc) is 3.25. The van der Waals surface area contributed by atoms with Crippen LogP contribution in [0.4, 0.5) is 5.69 Å². The van der Waals surface area contributed by atoms with Gasteiger partial charge < -0.3 is 10.5 Å². The fourth-order valence-corrected chi connectivity index (χ4v) is 2.04. The third-order valence-electron chi connectivity index (χ3n) is 3.46. The molecule has 0 saturated heterocycles. The number of carbonyl (C=O) groups is 1. The Hall–Kier alpha value is -2.29. The summed E-state index contributed by atoms with van der Waals surface area (Å²) in [5.74, 6) is 0.733. The number of hydrogen-bond donors (Lipinski definition) is 1. The van der Waals surface area contributed by atoms with Gasteiger partial charge in [-0.2, -0.15) is 0 Å². The topological polar surface area (TPSA) is 52.3 Å². The Morgan fingerprint density at radius 2 is 1.90 bits per heavy atom. The zero-order valence-electron chi connectivity index (χ0n) is 11.4. The van der Waals surface area contributed by atoms with Crippen LogP contribution in [0.5, 0.6) is 5.75 Å². The van der Waals surface area contributed by atoms with Crippen molar-refractivity contribution in [3.63, 3.8) is 0 Å². The van der Waals surface area contributed by atoms with Gasteiger partial charge in [-0.05, 0) is 43.5 Å². The van der Waals surface area contributed by atoms with Gasteiger partial charge in [0, 0.05) is 16.8 Å². The fourth-order valence-electron chi connectivity index (χ4n) is 2.04. The van der Waals surface area contributed by atoms with E-state index in [0.717, 1.165) is 24.2 Å². The van der Waals surface area contributed by atoms with Gasteiger partial charge in [0.2, 0.25) is 0 Å². The first kappa shape index (κ1) is 12.7. The van der Waals surface area contributed by atoms with E-state index in [1.54, 1.807) is 18.2 Å². The Kier molecular flexibility index (Phi) is 3.18. The lowest BCUT2D eigenvalue weighted by molar-refractivity contribution is 0.103. The van der Waals surface area contributed by atoms with Crippen LogP contribution in [-0.2, 0) is 0 Å². The van der Waals surface area contributed by atoms with Gasteiger partial charge in [-0.25, -0.2) is 0 Å². The molecule has 2 aromatic carbocycles. The van der Waals surface area contributed by atoms with Crippen LogP contribution < -0.4 is 10.5 Å². The van der Waals surface area contributed by atoms with Gasteiger partial charge in [-0.15, -0.1) is 0 Å². The molecule has 0 bridgehead atoms. The van der Waals surface area contributed by atoms with Crippen molar-refractivity contribution in [3.05, 3.63) is 59.2 Å². The fraction of sp³-hybridized carbons (Fsp3) is 0.235. The highest BCUT2D eigenvalue weighted by Crippen LogP contribution is 2.27. The van der Waals surface area contributed by atoms with Crippen molar-refractivity contribution in [1.82, 2.24) is 0 Å². The number of ether oxygens (including phenoxy) is 1. The lowest BCUT2D eigenvalue weighted by atomic mass is 10.0. The zero-order valence-corrected chi connectivity index (χ0v) is 11.4. The Labute approximate surface area is 118 Å². The number of nitrogens with two attached hydrogens (primary N) is 1. The molecule has 0 spiro atoms. The Morgan fingerprint density at radius 1 is 1.15 bits per heavy atom. The summed E-state index contributed by atoms with van der Waals surface area (Å²) in [6, 6.07) is 12.7. The molecule has 3 nitrogen and oxygen atoms in total. The molecule has 0 aromatic heterocycles. The average molecular weight is 267 g/mol. The van der Waals surface area contributed by atoms with E-state index in [0.29, 0.717) is 22.9 Å². The minimum atomic E-state index is -0.0297. The highest BCUT2D eigenvalue weighted by Gasteiger charge is 2.23. The molecule has 1 aliphatic rings. The summed E-state index contributed by atoms with van der Waals surface area (Å²) in [6.07, 6.45) is 2.54. The van der Waals surface area contributed by atoms with E-state index in [1.165, 1.54) is 0 Å². The smallest absolute Gasteiger partial charge is 0.193 e. The zero-order chi connectivity index (χ0) is 14.1. The van der Waals surface area contributed by atoms with Crippen molar-refractivity contribution in [2.45, 2.75) is 25.9 Å². The SMILES string of the molecule is Cc1ccc(C(=O)c2cccc(OC3CC3)c2)cc1N. The van der Waals surface area contributed by atoms with Gasteiger partial charge in [-0.1, -0.05) is 24.3 Å². The number of anilines is 1. The number of benzene rings is 2. The largest absolute Gasteiger partial charge is 0.490 e. The van der Waals surface area contributed by atoms with Crippen molar-refractivity contribution < 1.29 is 9.53 Å². The van der Waals surface area contributed by atoms with Gasteiger partial charge in [-0.3, -0.25) is 4.79 Å². The lowest BCUT2D eigenvalue weighted by Crippen LogP contribution is -2.04. The first-order chi connectivity index (χ1) is 9.63. The van der Waals surface area contributed by atoms with Crippen LogP contribution in [-0.4, -0.2) is 11.9 Å². The maximum atomic E-state index is 12.5. The molecular formula is C17H17NO2. The van der Waals surface area contributed by atoms with E-state index in [1.807, 2.05) is 31.2 Å². The maximum absolute atomic E-state index is 12.5. The van der Waals surface area contributed by atoms with Crippen LogP contribution in [0.15, 0.2) is 42.5 Å². The summed E-state index contributed by atoms with van der Waals surface area (Å²) in [4.78, 5) is 12.5. The Balaban J connectivity index is 1.86. The monoisotopic (exact) mass is 267 g/mol. The maximum Gasteiger partial charge on any atom is 0.193 e. The quantitative estimate of drug-likeness (QED) is 0.682. The van der Waals surface area contributed by atoms with Gasteiger partial charge in [0.25, 0.3) is 0 Å². The molecule has 0 atom stereocenters. The van der Waals surface area contributed by atoms with Crippen molar-refractivity contribution in [3.8, 4) is 5.75 Å². The summed E-state index contributed by atoms with van der Waals surface area (Å²) < 4.78 is 5.72. The number of hydrogen-bond acceptors (Lipinski definition) is 3. The molecule has 0 unspecified atom stereocenters. The van der Waals surface area contributed by atoms with Crippen molar-refractivity contribution in [2.75, 3.05) is 5.73 Å². The molecule has 2 N–H and O–H groups in total. The van der Waals surface area contributed by atoms with E-state index in [2.05, 4.69) is 0 Å². The first-order valence-electron chi connectivity index (χ1n) is 6.81. The van der Waals surface area contributed by atoms with E-state index in [9.17, 15) is 4.79 Å². The summed E-state index contributed by atoms with van der Waals surface area (Å²) in [5, 5.41) is 0. The first-order valence-corrected chi connectivity index (χ1v) is 6.81. The van der Waals surface area contributed by atoms with Crippen LogP contribution in [0.25, 0.3) is 0 Å². The predicted octanol–water partition coefficient (Wildman–Crippen LogP) is 3.35. The van der Waals surface area contributed by atoms with Crippen molar-refractivity contribution >= 4 is 11.5 Å². The van der Waals surface area contributed by atoms with Crippen LogP contribution in [0.3, 0.4) is 0 Å². The van der Waals surface area contributed by atoms with Gasteiger partial charge in [0.05, 0.1) is 6.10 Å². The normalized spacial score (nSPS) is 14.1. The molecule has 0 radical (unpaired) electrons.